The maximum Gasteiger partial charge on any atom is -0.0126 e. The Morgan fingerprint density at radius 1 is 1.18 bits per heavy atom. The largest absolute Gasteiger partial charge is 0.0587 e. The molecule has 1 aliphatic rings. The van der Waals surface area contributed by atoms with E-state index in [4.69, 9.17) is 0 Å². The van der Waals surface area contributed by atoms with Crippen LogP contribution in [-0.4, -0.2) is 0 Å². The fourth-order valence-corrected chi connectivity index (χ4v) is 3.29. The molecule has 1 atom stereocenters. The molecule has 0 bridgehead atoms. The van der Waals surface area contributed by atoms with Crippen LogP contribution in [0.4, 0.5) is 0 Å². The lowest BCUT2D eigenvalue weighted by molar-refractivity contribution is 0.563. The monoisotopic (exact) mass is 230 g/mol. The Kier molecular flexibility index (Phi) is 3.10. The second kappa shape index (κ2) is 4.15. The van der Waals surface area contributed by atoms with Crippen LogP contribution in [0, 0.1) is 0 Å². The highest BCUT2D eigenvalue weighted by molar-refractivity contribution is 5.50. The number of aryl methyl sites for hydroxylation is 1. The molecule has 0 spiro atoms. The van der Waals surface area contributed by atoms with Gasteiger partial charge in [0.1, 0.15) is 0 Å². The van der Waals surface area contributed by atoms with Crippen molar-refractivity contribution < 1.29 is 0 Å². The van der Waals surface area contributed by atoms with Gasteiger partial charge in [-0.05, 0) is 52.3 Å². The van der Waals surface area contributed by atoms with Gasteiger partial charge in [0.25, 0.3) is 0 Å². The van der Waals surface area contributed by atoms with Gasteiger partial charge in [-0.3, -0.25) is 0 Å². The van der Waals surface area contributed by atoms with Crippen LogP contribution in [-0.2, 0) is 11.8 Å². The molecule has 0 nitrogen and oxygen atoms in total. The molecule has 0 heterocycles. The Morgan fingerprint density at radius 3 is 2.35 bits per heavy atom. The summed E-state index contributed by atoms with van der Waals surface area (Å²) < 4.78 is 0. The van der Waals surface area contributed by atoms with Gasteiger partial charge in [0.15, 0.2) is 0 Å². The predicted octanol–water partition coefficient (Wildman–Crippen LogP) is 5.16. The summed E-state index contributed by atoms with van der Waals surface area (Å²) in [5, 5.41) is 0. The molecule has 1 unspecified atom stereocenters. The van der Waals surface area contributed by atoms with Crippen molar-refractivity contribution in [3.8, 4) is 0 Å². The average Bonchev–Trinajstić information content (AvgIpc) is 2.57. The Hall–Kier alpha value is -0.780. The van der Waals surface area contributed by atoms with E-state index in [1.54, 1.807) is 22.3 Å². The van der Waals surface area contributed by atoms with Crippen LogP contribution in [0.3, 0.4) is 0 Å². The van der Waals surface area contributed by atoms with Crippen LogP contribution in [0.15, 0.2) is 12.1 Å². The minimum atomic E-state index is 0.267. The van der Waals surface area contributed by atoms with E-state index in [2.05, 4.69) is 53.7 Å². The van der Waals surface area contributed by atoms with Crippen LogP contribution in [0.25, 0.3) is 0 Å². The fourth-order valence-electron chi connectivity index (χ4n) is 3.29. The lowest BCUT2D eigenvalue weighted by Crippen LogP contribution is -2.18. The summed E-state index contributed by atoms with van der Waals surface area (Å²) in [5.41, 5.74) is 6.74. The maximum atomic E-state index is 2.39. The Labute approximate surface area is 106 Å². The van der Waals surface area contributed by atoms with Crippen molar-refractivity contribution >= 4 is 0 Å². The van der Waals surface area contributed by atoms with Gasteiger partial charge in [-0.25, -0.2) is 0 Å². The molecule has 0 saturated heterocycles. The SMILES string of the molecule is CC(C)c1ccc2c(c1C(C)(C)C)C(C)CC2. The molecule has 0 aromatic heterocycles. The number of fused-ring (bicyclic) bond motifs is 1. The summed E-state index contributed by atoms with van der Waals surface area (Å²) in [6.45, 7) is 14.1. The zero-order valence-electron chi connectivity index (χ0n) is 12.2. The second-order valence-electron chi connectivity index (χ2n) is 6.95. The van der Waals surface area contributed by atoms with Gasteiger partial charge in [0, 0.05) is 0 Å². The normalized spacial score (nSPS) is 19.8. The third kappa shape index (κ3) is 2.14. The molecular weight excluding hydrogens is 204 g/mol. The third-order valence-electron chi connectivity index (χ3n) is 4.08. The maximum absolute atomic E-state index is 2.39. The van der Waals surface area contributed by atoms with Crippen LogP contribution in [0.5, 0.6) is 0 Å². The van der Waals surface area contributed by atoms with Gasteiger partial charge >= 0.3 is 0 Å². The van der Waals surface area contributed by atoms with Gasteiger partial charge < -0.3 is 0 Å². The molecule has 0 radical (unpaired) electrons. The van der Waals surface area contributed by atoms with Crippen molar-refractivity contribution in [2.45, 2.75) is 71.6 Å². The second-order valence-corrected chi connectivity index (χ2v) is 6.95. The summed E-state index contributed by atoms with van der Waals surface area (Å²) in [7, 11) is 0. The standard InChI is InChI=1S/C17H26/c1-11(2)14-10-9-13-8-7-12(3)15(13)16(14)17(4,5)6/h9-12H,7-8H2,1-6H3. The first-order valence-electron chi connectivity index (χ1n) is 6.98. The molecule has 0 fully saturated rings. The van der Waals surface area contributed by atoms with Gasteiger partial charge in [0.05, 0.1) is 0 Å². The molecule has 0 heteroatoms. The van der Waals surface area contributed by atoms with Crippen molar-refractivity contribution in [2.75, 3.05) is 0 Å². The number of benzene rings is 1. The molecule has 1 aromatic rings. The van der Waals surface area contributed by atoms with Crippen molar-refractivity contribution in [2.24, 2.45) is 0 Å². The average molecular weight is 230 g/mol. The number of hydrogen-bond acceptors (Lipinski definition) is 0. The van der Waals surface area contributed by atoms with Crippen LogP contribution >= 0.6 is 0 Å². The molecule has 1 aromatic carbocycles. The first-order valence-corrected chi connectivity index (χ1v) is 6.98. The van der Waals surface area contributed by atoms with Crippen molar-refractivity contribution in [3.05, 3.63) is 34.4 Å². The molecular formula is C17H26. The minimum absolute atomic E-state index is 0.267. The molecule has 1 aliphatic carbocycles. The van der Waals surface area contributed by atoms with E-state index in [0.29, 0.717) is 5.92 Å². The summed E-state index contributed by atoms with van der Waals surface area (Å²) in [5.74, 6) is 1.38. The first-order chi connectivity index (χ1) is 7.82. The highest BCUT2D eigenvalue weighted by Gasteiger charge is 2.30. The summed E-state index contributed by atoms with van der Waals surface area (Å²) in [4.78, 5) is 0. The zero-order chi connectivity index (χ0) is 12.8. The molecule has 2 rings (SSSR count). The molecule has 94 valence electrons. The zero-order valence-corrected chi connectivity index (χ0v) is 12.2. The number of rotatable bonds is 1. The van der Waals surface area contributed by atoms with E-state index in [9.17, 15) is 0 Å². The quantitative estimate of drug-likeness (QED) is 0.625. The van der Waals surface area contributed by atoms with E-state index in [1.807, 2.05) is 0 Å². The lowest BCUT2D eigenvalue weighted by Gasteiger charge is -2.29. The number of hydrogen-bond donors (Lipinski definition) is 0. The molecule has 0 saturated carbocycles. The van der Waals surface area contributed by atoms with Crippen molar-refractivity contribution in [3.63, 3.8) is 0 Å². The molecule has 0 amide bonds. The molecule has 17 heavy (non-hydrogen) atoms. The van der Waals surface area contributed by atoms with Gasteiger partial charge in [-0.2, -0.15) is 0 Å². The van der Waals surface area contributed by atoms with E-state index < -0.39 is 0 Å². The minimum Gasteiger partial charge on any atom is -0.0587 e. The van der Waals surface area contributed by atoms with Crippen LogP contribution < -0.4 is 0 Å². The molecule has 0 N–H and O–H groups in total. The van der Waals surface area contributed by atoms with Crippen LogP contribution in [0.1, 0.15) is 82.1 Å². The first kappa shape index (κ1) is 12.7. The predicted molar refractivity (Wildman–Crippen MR) is 76.0 cm³/mol. The van der Waals surface area contributed by atoms with Crippen molar-refractivity contribution in [1.82, 2.24) is 0 Å². The highest BCUT2D eigenvalue weighted by atomic mass is 14.3. The Bertz CT molecular complexity index is 418. The topological polar surface area (TPSA) is 0 Å². The summed E-state index contributed by atoms with van der Waals surface area (Å²) in [6.07, 6.45) is 2.61. The van der Waals surface area contributed by atoms with Gasteiger partial charge in [0.2, 0.25) is 0 Å². The van der Waals surface area contributed by atoms with Gasteiger partial charge in [-0.15, -0.1) is 0 Å². The van der Waals surface area contributed by atoms with E-state index in [-0.39, 0.29) is 5.41 Å². The third-order valence-corrected chi connectivity index (χ3v) is 4.08. The van der Waals surface area contributed by atoms with E-state index >= 15 is 0 Å². The highest BCUT2D eigenvalue weighted by Crippen LogP contribution is 2.43. The van der Waals surface area contributed by atoms with Crippen LogP contribution in [0.2, 0.25) is 0 Å². The fraction of sp³-hybridized carbons (Fsp3) is 0.647. The lowest BCUT2D eigenvalue weighted by atomic mass is 9.75. The van der Waals surface area contributed by atoms with E-state index in [0.717, 1.165) is 5.92 Å². The van der Waals surface area contributed by atoms with Gasteiger partial charge in [-0.1, -0.05) is 53.7 Å². The summed E-state index contributed by atoms with van der Waals surface area (Å²) >= 11 is 0. The Balaban J connectivity index is 2.70. The van der Waals surface area contributed by atoms with Crippen molar-refractivity contribution in [1.29, 1.82) is 0 Å². The van der Waals surface area contributed by atoms with E-state index in [1.165, 1.54) is 12.8 Å². The Morgan fingerprint density at radius 2 is 1.82 bits per heavy atom. The molecule has 0 aliphatic heterocycles. The summed E-state index contributed by atoms with van der Waals surface area (Å²) in [6, 6.07) is 4.76. The smallest absolute Gasteiger partial charge is 0.0126 e.